The highest BCUT2D eigenvalue weighted by molar-refractivity contribution is 7.47. The molecule has 0 spiro atoms. The minimum absolute atomic E-state index is 0.0890. The lowest BCUT2D eigenvalue weighted by Crippen LogP contribution is -2.32. The van der Waals surface area contributed by atoms with Crippen molar-refractivity contribution in [1.29, 1.82) is 0 Å². The maximum Gasteiger partial charge on any atom is 0.472 e. The molecule has 0 aliphatic heterocycles. The predicted octanol–water partition coefficient (Wildman–Crippen LogP) is 4.15. The maximum absolute atomic E-state index is 11.9. The minimum atomic E-state index is -4.07. The van der Waals surface area contributed by atoms with Crippen LogP contribution in [0.25, 0.3) is 0 Å². The van der Waals surface area contributed by atoms with Gasteiger partial charge < -0.3 is 14.7 Å². The summed E-state index contributed by atoms with van der Waals surface area (Å²) in [6, 6.07) is 0. The molecule has 2 rings (SSSR count). The molecule has 2 fully saturated rings. The standard InChI is InChI=1S/C19H37O6P/c1-19(13-20,14-23-2)15-25-26(21,22)24-12-7-5-3-4-6-9-16-17-10-8-11-18(16)17/h16-18,20H,3-15H2,1-2H3,(H,21,22). The van der Waals surface area contributed by atoms with E-state index in [2.05, 4.69) is 0 Å². The number of unbranched alkanes of at least 4 members (excludes halogenated alkanes) is 4. The number of methoxy groups -OCH3 is 1. The molecule has 26 heavy (non-hydrogen) atoms. The number of phosphoric acid groups is 1. The van der Waals surface area contributed by atoms with Crippen LogP contribution in [0.5, 0.6) is 0 Å². The molecule has 4 unspecified atom stereocenters. The second-order valence-corrected chi connectivity index (χ2v) is 9.91. The number of aliphatic hydroxyl groups excluding tert-OH is 1. The van der Waals surface area contributed by atoms with Crippen LogP contribution >= 0.6 is 7.82 Å². The highest BCUT2D eigenvalue weighted by Crippen LogP contribution is 2.59. The minimum Gasteiger partial charge on any atom is -0.396 e. The summed E-state index contributed by atoms with van der Waals surface area (Å²) in [4.78, 5) is 9.72. The van der Waals surface area contributed by atoms with E-state index in [1.165, 1.54) is 45.6 Å². The lowest BCUT2D eigenvalue weighted by Gasteiger charge is -2.26. The molecule has 0 amide bonds. The molecule has 0 aromatic rings. The SMILES string of the molecule is COCC(C)(CO)COP(=O)(O)OCCCCCCCC1C2CCCC12. The van der Waals surface area contributed by atoms with Crippen LogP contribution in [0.4, 0.5) is 0 Å². The fourth-order valence-corrected chi connectivity index (χ4v) is 5.26. The van der Waals surface area contributed by atoms with Crippen LogP contribution < -0.4 is 0 Å². The first-order chi connectivity index (χ1) is 12.4. The normalized spacial score (nSPS) is 29.2. The van der Waals surface area contributed by atoms with Crippen molar-refractivity contribution in [2.24, 2.45) is 23.2 Å². The van der Waals surface area contributed by atoms with Crippen molar-refractivity contribution in [3.05, 3.63) is 0 Å². The summed E-state index contributed by atoms with van der Waals surface area (Å²) in [5.41, 5.74) is -0.712. The van der Waals surface area contributed by atoms with Gasteiger partial charge in [-0.25, -0.2) is 4.57 Å². The molecule has 6 nitrogen and oxygen atoms in total. The smallest absolute Gasteiger partial charge is 0.396 e. The number of hydrogen-bond acceptors (Lipinski definition) is 5. The Labute approximate surface area is 158 Å². The van der Waals surface area contributed by atoms with Gasteiger partial charge in [-0.15, -0.1) is 0 Å². The molecular formula is C19H37O6P. The number of rotatable bonds is 15. The predicted molar refractivity (Wildman–Crippen MR) is 101 cm³/mol. The van der Waals surface area contributed by atoms with Gasteiger partial charge in [0.05, 0.1) is 26.4 Å². The molecule has 0 aromatic carbocycles. The molecule has 2 aliphatic carbocycles. The van der Waals surface area contributed by atoms with Crippen LogP contribution in [0, 0.1) is 23.2 Å². The molecule has 0 saturated heterocycles. The largest absolute Gasteiger partial charge is 0.472 e. The van der Waals surface area contributed by atoms with Gasteiger partial charge in [0.1, 0.15) is 0 Å². The summed E-state index contributed by atoms with van der Waals surface area (Å²) in [5.74, 6) is 3.17. The van der Waals surface area contributed by atoms with Crippen molar-refractivity contribution >= 4 is 7.82 Å². The Balaban J connectivity index is 1.44. The first kappa shape index (κ1) is 22.3. The number of phosphoric ester groups is 1. The monoisotopic (exact) mass is 392 g/mol. The van der Waals surface area contributed by atoms with E-state index < -0.39 is 13.2 Å². The summed E-state index contributed by atoms with van der Waals surface area (Å²) in [6.45, 7) is 1.91. The first-order valence-corrected chi connectivity index (χ1v) is 11.6. The third-order valence-corrected chi connectivity index (χ3v) is 6.94. The Bertz CT molecular complexity index is 449. The van der Waals surface area contributed by atoms with Crippen LogP contribution in [0.15, 0.2) is 0 Å². The third-order valence-electron chi connectivity index (χ3n) is 5.97. The van der Waals surface area contributed by atoms with Crippen molar-refractivity contribution in [2.75, 3.05) is 33.5 Å². The van der Waals surface area contributed by atoms with E-state index in [1.807, 2.05) is 0 Å². The lowest BCUT2D eigenvalue weighted by atomic mass is 9.95. The van der Waals surface area contributed by atoms with Crippen LogP contribution in [0.3, 0.4) is 0 Å². The molecule has 7 heteroatoms. The molecule has 0 radical (unpaired) electrons. The van der Waals surface area contributed by atoms with Gasteiger partial charge in [0, 0.05) is 12.5 Å². The molecule has 2 saturated carbocycles. The Morgan fingerprint density at radius 1 is 1.04 bits per heavy atom. The zero-order valence-electron chi connectivity index (χ0n) is 16.4. The van der Waals surface area contributed by atoms with Crippen molar-refractivity contribution in [2.45, 2.75) is 64.7 Å². The molecule has 0 aromatic heterocycles. The fourth-order valence-electron chi connectivity index (χ4n) is 4.35. The van der Waals surface area contributed by atoms with E-state index in [4.69, 9.17) is 13.8 Å². The number of fused-ring (bicyclic) bond motifs is 1. The van der Waals surface area contributed by atoms with Crippen molar-refractivity contribution < 1.29 is 28.3 Å². The van der Waals surface area contributed by atoms with Gasteiger partial charge in [-0.05, 0) is 43.4 Å². The Morgan fingerprint density at radius 3 is 2.35 bits per heavy atom. The second-order valence-electron chi connectivity index (χ2n) is 8.46. The van der Waals surface area contributed by atoms with Crippen LogP contribution in [-0.2, 0) is 18.3 Å². The molecule has 2 aliphatic rings. The highest BCUT2D eigenvalue weighted by Gasteiger charge is 2.51. The van der Waals surface area contributed by atoms with Gasteiger partial charge in [-0.3, -0.25) is 9.05 Å². The lowest BCUT2D eigenvalue weighted by molar-refractivity contribution is -0.00210. The zero-order chi connectivity index (χ0) is 19.0. The average molecular weight is 392 g/mol. The van der Waals surface area contributed by atoms with E-state index in [-0.39, 0.29) is 26.4 Å². The summed E-state index contributed by atoms with van der Waals surface area (Å²) in [5, 5.41) is 9.34. The fraction of sp³-hybridized carbons (Fsp3) is 1.00. The number of aliphatic hydroxyl groups is 1. The van der Waals surface area contributed by atoms with Crippen LogP contribution in [-0.4, -0.2) is 43.5 Å². The number of hydrogen-bond donors (Lipinski definition) is 2. The Hall–Kier alpha value is 0.0300. The van der Waals surface area contributed by atoms with E-state index >= 15 is 0 Å². The molecule has 0 bridgehead atoms. The van der Waals surface area contributed by atoms with E-state index in [0.717, 1.165) is 37.0 Å². The average Bonchev–Trinajstić information content (AvgIpc) is 3.03. The summed E-state index contributed by atoms with van der Waals surface area (Å²) in [7, 11) is -2.56. The Kier molecular flexibility index (Phi) is 9.05. The van der Waals surface area contributed by atoms with E-state index in [1.54, 1.807) is 6.92 Å². The van der Waals surface area contributed by atoms with Gasteiger partial charge in [0.2, 0.25) is 0 Å². The van der Waals surface area contributed by atoms with Gasteiger partial charge in [-0.2, -0.15) is 0 Å². The van der Waals surface area contributed by atoms with Crippen molar-refractivity contribution in [3.63, 3.8) is 0 Å². The quantitative estimate of drug-likeness (QED) is 0.322. The Morgan fingerprint density at radius 2 is 1.69 bits per heavy atom. The molecule has 154 valence electrons. The van der Waals surface area contributed by atoms with Crippen LogP contribution in [0.2, 0.25) is 0 Å². The second kappa shape index (κ2) is 10.5. The van der Waals surface area contributed by atoms with Gasteiger partial charge in [0.15, 0.2) is 0 Å². The van der Waals surface area contributed by atoms with Gasteiger partial charge in [0.25, 0.3) is 0 Å². The molecule has 2 N–H and O–H groups in total. The maximum atomic E-state index is 11.9. The summed E-state index contributed by atoms with van der Waals surface area (Å²) < 4.78 is 26.9. The molecular weight excluding hydrogens is 355 g/mol. The van der Waals surface area contributed by atoms with Gasteiger partial charge >= 0.3 is 7.82 Å². The van der Waals surface area contributed by atoms with Crippen LogP contribution in [0.1, 0.15) is 64.7 Å². The zero-order valence-corrected chi connectivity index (χ0v) is 17.3. The first-order valence-electron chi connectivity index (χ1n) is 10.1. The third kappa shape index (κ3) is 7.21. The topological polar surface area (TPSA) is 85.2 Å². The molecule has 4 atom stereocenters. The highest BCUT2D eigenvalue weighted by atomic mass is 31.2. The van der Waals surface area contributed by atoms with Gasteiger partial charge in [-0.1, -0.05) is 39.0 Å². The van der Waals surface area contributed by atoms with Crippen molar-refractivity contribution in [1.82, 2.24) is 0 Å². The summed E-state index contributed by atoms with van der Waals surface area (Å²) in [6.07, 6.45) is 11.3. The van der Waals surface area contributed by atoms with E-state index in [0.29, 0.717) is 0 Å². The van der Waals surface area contributed by atoms with E-state index in [9.17, 15) is 14.6 Å². The number of ether oxygens (including phenoxy) is 1. The van der Waals surface area contributed by atoms with Crippen molar-refractivity contribution in [3.8, 4) is 0 Å². The summed E-state index contributed by atoms with van der Waals surface area (Å²) >= 11 is 0. The molecule has 0 heterocycles.